The number of benzene rings is 1. The van der Waals surface area contributed by atoms with Crippen LogP contribution >= 0.6 is 23.8 Å². The van der Waals surface area contributed by atoms with Crippen molar-refractivity contribution in [3.63, 3.8) is 0 Å². The highest BCUT2D eigenvalue weighted by Gasteiger charge is 2.10. The Labute approximate surface area is 104 Å². The maximum absolute atomic E-state index is 10.8. The summed E-state index contributed by atoms with van der Waals surface area (Å²) in [5, 5.41) is 2.77. The summed E-state index contributed by atoms with van der Waals surface area (Å²) in [5.41, 5.74) is 6.65. The number of isothiocyanates is 1. The van der Waals surface area contributed by atoms with Crippen molar-refractivity contribution in [2.24, 2.45) is 10.7 Å². The van der Waals surface area contributed by atoms with Crippen LogP contribution in [0, 0.1) is 0 Å². The molecule has 84 valence electrons. The molecule has 5 heteroatoms. The molecule has 1 unspecified atom stereocenters. The summed E-state index contributed by atoms with van der Waals surface area (Å²) in [7, 11) is 0. The van der Waals surface area contributed by atoms with E-state index in [0.29, 0.717) is 17.1 Å². The van der Waals surface area contributed by atoms with Crippen molar-refractivity contribution in [1.82, 2.24) is 0 Å². The summed E-state index contributed by atoms with van der Waals surface area (Å²) in [6, 6.07) is 5.35. The molecule has 1 aromatic rings. The highest BCUT2D eigenvalue weighted by Crippen LogP contribution is 2.29. The second-order valence-electron chi connectivity index (χ2n) is 3.49. The number of nitrogens with zero attached hydrogens (tertiary/aromatic N) is 1. The van der Waals surface area contributed by atoms with E-state index < -0.39 is 0 Å². The lowest BCUT2D eigenvalue weighted by atomic mass is 9.97. The van der Waals surface area contributed by atoms with E-state index in [-0.39, 0.29) is 11.8 Å². The maximum atomic E-state index is 10.8. The highest BCUT2D eigenvalue weighted by molar-refractivity contribution is 7.78. The first-order chi connectivity index (χ1) is 7.54. The van der Waals surface area contributed by atoms with E-state index in [9.17, 15) is 4.79 Å². The van der Waals surface area contributed by atoms with Crippen LogP contribution in [0.4, 0.5) is 5.69 Å². The van der Waals surface area contributed by atoms with Crippen molar-refractivity contribution in [2.75, 3.05) is 0 Å². The molecule has 0 saturated heterocycles. The highest BCUT2D eigenvalue weighted by atomic mass is 35.5. The molecule has 0 bridgehead atoms. The number of hydrogen-bond donors (Lipinski definition) is 1. The van der Waals surface area contributed by atoms with Gasteiger partial charge in [-0.15, -0.1) is 0 Å². The minimum absolute atomic E-state index is 0.0360. The zero-order valence-corrected chi connectivity index (χ0v) is 10.3. The number of hydrogen-bond acceptors (Lipinski definition) is 3. The summed E-state index contributed by atoms with van der Waals surface area (Å²) in [4.78, 5) is 14.6. The molecule has 0 heterocycles. The van der Waals surface area contributed by atoms with E-state index in [1.54, 1.807) is 12.1 Å². The number of thiocarbonyl (C=S) groups is 1. The molecule has 0 aliphatic carbocycles. The predicted molar refractivity (Wildman–Crippen MR) is 68.4 cm³/mol. The van der Waals surface area contributed by atoms with Gasteiger partial charge in [-0.1, -0.05) is 24.6 Å². The Morgan fingerprint density at radius 2 is 2.38 bits per heavy atom. The summed E-state index contributed by atoms with van der Waals surface area (Å²) < 4.78 is 0. The van der Waals surface area contributed by atoms with E-state index in [1.807, 2.05) is 13.0 Å². The van der Waals surface area contributed by atoms with Gasteiger partial charge in [0.1, 0.15) is 0 Å². The number of nitrogens with two attached hydrogens (primary N) is 1. The third kappa shape index (κ3) is 3.42. The van der Waals surface area contributed by atoms with Gasteiger partial charge in [-0.3, -0.25) is 4.79 Å². The fourth-order valence-corrected chi connectivity index (χ4v) is 1.65. The van der Waals surface area contributed by atoms with Gasteiger partial charge in [0.2, 0.25) is 5.91 Å². The third-order valence-electron chi connectivity index (χ3n) is 2.21. The van der Waals surface area contributed by atoms with E-state index in [2.05, 4.69) is 22.4 Å². The molecule has 1 atom stereocenters. The van der Waals surface area contributed by atoms with E-state index in [0.717, 1.165) is 5.56 Å². The van der Waals surface area contributed by atoms with Crippen LogP contribution in [0.1, 0.15) is 24.8 Å². The van der Waals surface area contributed by atoms with Crippen molar-refractivity contribution in [2.45, 2.75) is 19.3 Å². The van der Waals surface area contributed by atoms with Gasteiger partial charge >= 0.3 is 0 Å². The summed E-state index contributed by atoms with van der Waals surface area (Å²) in [6.07, 6.45) is 0.294. The Balaban J connectivity index is 3.02. The van der Waals surface area contributed by atoms with Gasteiger partial charge in [0.25, 0.3) is 0 Å². The minimum atomic E-state index is -0.331. The molecule has 0 fully saturated rings. The van der Waals surface area contributed by atoms with Crippen molar-refractivity contribution in [3.05, 3.63) is 28.8 Å². The number of halogens is 1. The lowest BCUT2D eigenvalue weighted by Gasteiger charge is -2.10. The van der Waals surface area contributed by atoms with E-state index in [1.165, 1.54) is 0 Å². The maximum Gasteiger partial charge on any atom is 0.218 e. The molecule has 3 nitrogen and oxygen atoms in total. The third-order valence-corrected chi connectivity index (χ3v) is 2.62. The van der Waals surface area contributed by atoms with Crippen LogP contribution in [-0.4, -0.2) is 11.1 Å². The van der Waals surface area contributed by atoms with Crippen LogP contribution in [0.15, 0.2) is 23.2 Å². The molecular formula is C11H11ClN2OS. The lowest BCUT2D eigenvalue weighted by Crippen LogP contribution is -2.13. The normalized spacial score (nSPS) is 11.6. The largest absolute Gasteiger partial charge is 0.370 e. The Kier molecular flexibility index (Phi) is 4.62. The van der Waals surface area contributed by atoms with Gasteiger partial charge in [-0.05, 0) is 35.8 Å². The van der Waals surface area contributed by atoms with Crippen LogP contribution in [0.3, 0.4) is 0 Å². The number of amides is 1. The minimum Gasteiger partial charge on any atom is -0.370 e. The average molecular weight is 255 g/mol. The monoisotopic (exact) mass is 254 g/mol. The number of primary amides is 1. The predicted octanol–water partition coefficient (Wildman–Crippen LogP) is 3.05. The van der Waals surface area contributed by atoms with Crippen LogP contribution < -0.4 is 5.73 Å². The summed E-state index contributed by atoms with van der Waals surface area (Å²) in [6.45, 7) is 1.92. The number of carbonyl (C=O) groups excluding carboxylic acids is 1. The molecule has 0 aliphatic rings. The zero-order chi connectivity index (χ0) is 12.1. The smallest absolute Gasteiger partial charge is 0.218 e. The van der Waals surface area contributed by atoms with Gasteiger partial charge in [-0.2, -0.15) is 4.99 Å². The molecule has 0 aromatic heterocycles. The molecule has 1 amide bonds. The van der Waals surface area contributed by atoms with E-state index in [4.69, 9.17) is 17.3 Å². The number of aliphatic imine (C=N–C) groups is 1. The van der Waals surface area contributed by atoms with Gasteiger partial charge in [-0.25, -0.2) is 0 Å². The van der Waals surface area contributed by atoms with Gasteiger partial charge < -0.3 is 5.73 Å². The lowest BCUT2D eigenvalue weighted by molar-refractivity contribution is -0.118. The molecule has 0 radical (unpaired) electrons. The molecule has 16 heavy (non-hydrogen) atoms. The Bertz CT molecular complexity index is 455. The zero-order valence-electron chi connectivity index (χ0n) is 8.74. The Hall–Kier alpha value is -1.22. The molecular weight excluding hydrogens is 244 g/mol. The van der Waals surface area contributed by atoms with Crippen molar-refractivity contribution < 1.29 is 4.79 Å². The van der Waals surface area contributed by atoms with Crippen molar-refractivity contribution >= 4 is 40.6 Å². The van der Waals surface area contributed by atoms with Gasteiger partial charge in [0.15, 0.2) is 0 Å². The first kappa shape index (κ1) is 12.8. The quantitative estimate of drug-likeness (QED) is 0.663. The molecule has 0 saturated carbocycles. The standard InChI is InChI=1S/C11H11ClN2OS/c1-7(4-11(13)15)8-2-3-9(12)10(5-8)14-6-16/h2-3,5,7H,4H2,1H3,(H2,13,15). The van der Waals surface area contributed by atoms with Crippen molar-refractivity contribution in [1.29, 1.82) is 0 Å². The second kappa shape index (κ2) is 5.75. The molecule has 1 rings (SSSR count). The molecule has 1 aromatic carbocycles. The SMILES string of the molecule is CC(CC(N)=O)c1ccc(Cl)c(N=C=S)c1. The topological polar surface area (TPSA) is 55.5 Å². The first-order valence-electron chi connectivity index (χ1n) is 4.70. The molecule has 0 aliphatic heterocycles. The summed E-state index contributed by atoms with van der Waals surface area (Å²) in [5.74, 6) is -0.295. The fraction of sp³-hybridized carbons (Fsp3) is 0.273. The van der Waals surface area contributed by atoms with Crippen LogP contribution in [-0.2, 0) is 4.79 Å². The first-order valence-corrected chi connectivity index (χ1v) is 5.49. The Morgan fingerprint density at radius 3 is 2.94 bits per heavy atom. The van der Waals surface area contributed by atoms with Gasteiger partial charge in [0, 0.05) is 6.42 Å². The van der Waals surface area contributed by atoms with Gasteiger partial charge in [0.05, 0.1) is 15.9 Å². The summed E-state index contributed by atoms with van der Waals surface area (Å²) >= 11 is 10.4. The van der Waals surface area contributed by atoms with E-state index >= 15 is 0 Å². The number of carbonyl (C=O) groups is 1. The van der Waals surface area contributed by atoms with Crippen molar-refractivity contribution in [3.8, 4) is 0 Å². The number of rotatable bonds is 4. The van der Waals surface area contributed by atoms with Crippen LogP contribution in [0.5, 0.6) is 0 Å². The average Bonchev–Trinajstić information content (AvgIpc) is 2.20. The van der Waals surface area contributed by atoms with Crippen LogP contribution in [0.2, 0.25) is 5.02 Å². The second-order valence-corrected chi connectivity index (χ2v) is 4.08. The molecule has 2 N–H and O–H groups in total. The fourth-order valence-electron chi connectivity index (χ4n) is 1.39. The Morgan fingerprint density at radius 1 is 1.69 bits per heavy atom. The molecule has 0 spiro atoms. The van der Waals surface area contributed by atoms with Crippen LogP contribution in [0.25, 0.3) is 0 Å².